The summed E-state index contributed by atoms with van der Waals surface area (Å²) in [5.74, 6) is 0.0942. The highest BCUT2D eigenvalue weighted by atomic mass is 16.5. The van der Waals surface area contributed by atoms with E-state index in [-0.39, 0.29) is 23.6 Å². The van der Waals surface area contributed by atoms with Crippen LogP contribution in [-0.2, 0) is 9.53 Å². The Kier molecular flexibility index (Phi) is 5.60. The van der Waals surface area contributed by atoms with Gasteiger partial charge in [-0.1, -0.05) is 0 Å². The number of carbonyl (C=O) groups excluding carboxylic acids is 1. The maximum atomic E-state index is 12.2. The number of likely N-dealkylation sites (N-methyl/N-ethyl adjacent to an activating group) is 1. The molecule has 21 heavy (non-hydrogen) atoms. The quantitative estimate of drug-likeness (QED) is 0.717. The molecule has 2 atom stereocenters. The van der Waals surface area contributed by atoms with Crippen LogP contribution in [0.4, 0.5) is 0 Å². The van der Waals surface area contributed by atoms with E-state index >= 15 is 0 Å². The molecule has 2 rings (SSSR count). The van der Waals surface area contributed by atoms with E-state index in [2.05, 4.69) is 41.3 Å². The van der Waals surface area contributed by atoms with E-state index in [9.17, 15) is 4.79 Å². The number of nitrogens with zero attached hydrogens (tertiary/aromatic N) is 2. The molecule has 2 saturated heterocycles. The van der Waals surface area contributed by atoms with E-state index in [1.165, 1.54) is 0 Å². The Balaban J connectivity index is 1.77. The summed E-state index contributed by atoms with van der Waals surface area (Å²) >= 11 is 0. The fourth-order valence-corrected chi connectivity index (χ4v) is 3.03. The molecule has 0 radical (unpaired) electrons. The van der Waals surface area contributed by atoms with Crippen molar-refractivity contribution in [3.8, 4) is 0 Å². The van der Waals surface area contributed by atoms with Crippen LogP contribution in [0.2, 0.25) is 0 Å². The predicted molar refractivity (Wildman–Crippen MR) is 83.4 cm³/mol. The number of hydrogen-bond donors (Lipinski definition) is 2. The molecule has 2 N–H and O–H groups in total. The van der Waals surface area contributed by atoms with Crippen molar-refractivity contribution >= 4 is 5.91 Å². The third-order valence-electron chi connectivity index (χ3n) is 4.79. The van der Waals surface area contributed by atoms with Crippen molar-refractivity contribution in [2.24, 2.45) is 0 Å². The van der Waals surface area contributed by atoms with Crippen LogP contribution < -0.4 is 10.6 Å². The van der Waals surface area contributed by atoms with Gasteiger partial charge in [-0.3, -0.25) is 9.69 Å². The van der Waals surface area contributed by atoms with Gasteiger partial charge in [0.2, 0.25) is 5.91 Å². The monoisotopic (exact) mass is 298 g/mol. The maximum absolute atomic E-state index is 12.2. The Labute approximate surface area is 128 Å². The zero-order valence-corrected chi connectivity index (χ0v) is 13.8. The fraction of sp³-hybridized carbons (Fsp3) is 0.933. The molecule has 6 heteroatoms. The highest BCUT2D eigenvalue weighted by molar-refractivity contribution is 5.82. The standard InChI is InChI=1S/C15H30N4O2/c1-15(2,19-7-5-18(3)6-8-19)11-17-14(20)13-9-12(21-4)10-16-13/h12-13,16H,5-11H2,1-4H3,(H,17,20). The Hall–Kier alpha value is -0.690. The number of amides is 1. The lowest BCUT2D eigenvalue weighted by molar-refractivity contribution is -0.123. The lowest BCUT2D eigenvalue weighted by Gasteiger charge is -2.43. The molecule has 6 nitrogen and oxygen atoms in total. The average Bonchev–Trinajstić information content (AvgIpc) is 2.94. The molecular weight excluding hydrogens is 268 g/mol. The van der Waals surface area contributed by atoms with Gasteiger partial charge in [0.05, 0.1) is 12.1 Å². The van der Waals surface area contributed by atoms with Crippen LogP contribution in [0.25, 0.3) is 0 Å². The third-order valence-corrected chi connectivity index (χ3v) is 4.79. The third kappa shape index (κ3) is 4.39. The van der Waals surface area contributed by atoms with Crippen LogP contribution in [0.1, 0.15) is 20.3 Å². The van der Waals surface area contributed by atoms with Crippen molar-refractivity contribution in [3.05, 3.63) is 0 Å². The van der Waals surface area contributed by atoms with E-state index in [0.717, 1.165) is 39.1 Å². The molecule has 2 aliphatic rings. The first kappa shape index (κ1) is 16.7. The number of carbonyl (C=O) groups is 1. The molecular formula is C15H30N4O2. The van der Waals surface area contributed by atoms with Crippen molar-refractivity contribution in [2.75, 3.05) is 53.4 Å². The summed E-state index contributed by atoms with van der Waals surface area (Å²) < 4.78 is 5.29. The second kappa shape index (κ2) is 7.05. The van der Waals surface area contributed by atoms with E-state index in [0.29, 0.717) is 6.54 Å². The van der Waals surface area contributed by atoms with Gasteiger partial charge in [0.25, 0.3) is 0 Å². The minimum absolute atomic E-state index is 0.00379. The van der Waals surface area contributed by atoms with E-state index in [1.807, 2.05) is 0 Å². The van der Waals surface area contributed by atoms with Crippen LogP contribution in [0.3, 0.4) is 0 Å². The molecule has 0 aromatic carbocycles. The lowest BCUT2D eigenvalue weighted by atomic mass is 10.0. The highest BCUT2D eigenvalue weighted by Crippen LogP contribution is 2.16. The minimum Gasteiger partial charge on any atom is -0.380 e. The molecule has 2 fully saturated rings. The van der Waals surface area contributed by atoms with Crippen LogP contribution >= 0.6 is 0 Å². The van der Waals surface area contributed by atoms with E-state index in [4.69, 9.17) is 4.74 Å². The second-order valence-corrected chi connectivity index (χ2v) is 6.87. The summed E-state index contributed by atoms with van der Waals surface area (Å²) in [6.07, 6.45) is 0.920. The highest BCUT2D eigenvalue weighted by Gasteiger charge is 2.32. The first-order chi connectivity index (χ1) is 9.92. The number of methoxy groups -OCH3 is 1. The smallest absolute Gasteiger partial charge is 0.237 e. The van der Waals surface area contributed by atoms with E-state index < -0.39 is 0 Å². The van der Waals surface area contributed by atoms with Gasteiger partial charge in [0.1, 0.15) is 0 Å². The molecule has 2 heterocycles. The van der Waals surface area contributed by atoms with E-state index in [1.54, 1.807) is 7.11 Å². The molecule has 122 valence electrons. The molecule has 2 aliphatic heterocycles. The Bertz CT molecular complexity index is 354. The van der Waals surface area contributed by atoms with Crippen molar-refractivity contribution < 1.29 is 9.53 Å². The molecule has 0 saturated carbocycles. The largest absolute Gasteiger partial charge is 0.380 e. The lowest BCUT2D eigenvalue weighted by Crippen LogP contribution is -2.58. The maximum Gasteiger partial charge on any atom is 0.237 e. The summed E-state index contributed by atoms with van der Waals surface area (Å²) in [4.78, 5) is 17.0. The van der Waals surface area contributed by atoms with Gasteiger partial charge in [-0.05, 0) is 27.3 Å². The van der Waals surface area contributed by atoms with Crippen LogP contribution in [-0.4, -0.2) is 86.8 Å². The van der Waals surface area contributed by atoms with Gasteiger partial charge in [0.15, 0.2) is 0 Å². The number of ether oxygens (including phenoxy) is 1. The topological polar surface area (TPSA) is 56.8 Å². The van der Waals surface area contributed by atoms with Crippen LogP contribution in [0, 0.1) is 0 Å². The summed E-state index contributed by atoms with van der Waals surface area (Å²) in [6.45, 7) is 10.2. The van der Waals surface area contributed by atoms with Gasteiger partial charge < -0.3 is 20.3 Å². The van der Waals surface area contributed by atoms with Gasteiger partial charge >= 0.3 is 0 Å². The molecule has 0 aromatic heterocycles. The first-order valence-electron chi connectivity index (χ1n) is 7.90. The summed E-state index contributed by atoms with van der Waals surface area (Å²) in [6, 6.07) is -0.113. The van der Waals surface area contributed by atoms with Crippen molar-refractivity contribution in [1.82, 2.24) is 20.4 Å². The zero-order chi connectivity index (χ0) is 15.5. The summed E-state index contributed by atoms with van der Waals surface area (Å²) in [5.41, 5.74) is -0.00379. The van der Waals surface area contributed by atoms with Gasteiger partial charge in [-0.2, -0.15) is 0 Å². The minimum atomic E-state index is -0.113. The Morgan fingerprint density at radius 2 is 2.00 bits per heavy atom. The summed E-state index contributed by atoms with van der Waals surface area (Å²) in [5, 5.41) is 6.33. The SMILES string of the molecule is COC1CNC(C(=O)NCC(C)(C)N2CCN(C)CC2)C1. The van der Waals surface area contributed by atoms with Crippen molar-refractivity contribution in [2.45, 2.75) is 38.0 Å². The first-order valence-corrected chi connectivity index (χ1v) is 7.90. The van der Waals surface area contributed by atoms with Crippen molar-refractivity contribution in [3.63, 3.8) is 0 Å². The second-order valence-electron chi connectivity index (χ2n) is 6.87. The average molecular weight is 298 g/mol. The summed E-state index contributed by atoms with van der Waals surface area (Å²) in [7, 11) is 3.85. The predicted octanol–water partition coefficient (Wildman–Crippen LogP) is -0.494. The number of rotatable bonds is 5. The molecule has 0 aromatic rings. The number of hydrogen-bond acceptors (Lipinski definition) is 5. The molecule has 1 amide bonds. The Morgan fingerprint density at radius 3 is 2.57 bits per heavy atom. The number of piperazine rings is 1. The normalized spacial score (nSPS) is 28.8. The molecule has 0 aliphatic carbocycles. The zero-order valence-electron chi connectivity index (χ0n) is 13.8. The van der Waals surface area contributed by atoms with Gasteiger partial charge in [0, 0.05) is 51.9 Å². The Morgan fingerprint density at radius 1 is 1.33 bits per heavy atom. The van der Waals surface area contributed by atoms with Gasteiger partial charge in [-0.15, -0.1) is 0 Å². The molecule has 2 unspecified atom stereocenters. The van der Waals surface area contributed by atoms with Crippen LogP contribution in [0.15, 0.2) is 0 Å². The van der Waals surface area contributed by atoms with Gasteiger partial charge in [-0.25, -0.2) is 0 Å². The molecule has 0 spiro atoms. The molecule has 0 bridgehead atoms. The van der Waals surface area contributed by atoms with Crippen molar-refractivity contribution in [1.29, 1.82) is 0 Å². The van der Waals surface area contributed by atoms with Crippen LogP contribution in [0.5, 0.6) is 0 Å². The number of nitrogens with one attached hydrogen (secondary N) is 2. The fourth-order valence-electron chi connectivity index (χ4n) is 3.03.